The number of halogens is 2. The molecule has 0 saturated carbocycles. The maximum atomic E-state index is 13.5. The maximum Gasteiger partial charge on any atom is 0.263 e. The van der Waals surface area contributed by atoms with Crippen LogP contribution in [0, 0.1) is 0 Å². The van der Waals surface area contributed by atoms with Crippen molar-refractivity contribution in [1.29, 1.82) is 0 Å². The topological polar surface area (TPSA) is 45.1 Å². The lowest BCUT2D eigenvalue weighted by Gasteiger charge is -2.32. The summed E-state index contributed by atoms with van der Waals surface area (Å²) in [5, 5.41) is 12.0. The molecule has 0 spiro atoms. The summed E-state index contributed by atoms with van der Waals surface area (Å²) in [5.74, 6) is 0.927. The van der Waals surface area contributed by atoms with E-state index >= 15 is 0 Å². The number of nitrogens with one attached hydrogen (secondary N) is 2. The molecule has 4 heterocycles. The monoisotopic (exact) mass is 397 g/mol. The van der Waals surface area contributed by atoms with Crippen LogP contribution in [0.1, 0.15) is 54.1 Å². The Balaban J connectivity index is 1.60. The molecule has 1 saturated heterocycles. The van der Waals surface area contributed by atoms with E-state index in [1.54, 1.807) is 12.1 Å². The predicted molar refractivity (Wildman–Crippen MR) is 111 cm³/mol. The Labute approximate surface area is 171 Å². The average Bonchev–Trinajstić information content (AvgIpc) is 3.13. The van der Waals surface area contributed by atoms with E-state index in [-0.39, 0.29) is 11.0 Å². The predicted octanol–water partition coefficient (Wildman–Crippen LogP) is 2.27. The van der Waals surface area contributed by atoms with E-state index in [1.165, 1.54) is 11.3 Å². The van der Waals surface area contributed by atoms with Gasteiger partial charge in [0.1, 0.15) is 7.85 Å². The fourth-order valence-corrected chi connectivity index (χ4v) is 5.00. The van der Waals surface area contributed by atoms with Crippen molar-refractivity contribution in [3.63, 3.8) is 0 Å². The molecule has 5 nitrogen and oxygen atoms in total. The van der Waals surface area contributed by atoms with Gasteiger partial charge >= 0.3 is 0 Å². The highest BCUT2D eigenvalue weighted by Gasteiger charge is 2.31. The van der Waals surface area contributed by atoms with Gasteiger partial charge in [0, 0.05) is 48.6 Å². The number of piperidine rings is 1. The number of anilines is 2. The van der Waals surface area contributed by atoms with Crippen LogP contribution in [0.4, 0.5) is 20.3 Å². The van der Waals surface area contributed by atoms with Gasteiger partial charge in [0.15, 0.2) is 5.82 Å². The molecule has 0 aliphatic carbocycles. The zero-order chi connectivity index (χ0) is 20.0. The number of hydrogen-bond donors (Lipinski definition) is 2. The van der Waals surface area contributed by atoms with Crippen molar-refractivity contribution in [3.05, 3.63) is 34.5 Å². The number of hydrogen-bond acceptors (Lipinski definition) is 4. The lowest BCUT2D eigenvalue weighted by Crippen LogP contribution is -2.32. The Morgan fingerprint density at radius 3 is 2.72 bits per heavy atom. The number of aryl methyl sites for hydroxylation is 1. The molecule has 5 rings (SSSR count). The van der Waals surface area contributed by atoms with Crippen LogP contribution >= 0.6 is 0 Å². The first-order chi connectivity index (χ1) is 14.1. The van der Waals surface area contributed by atoms with Crippen LogP contribution in [0.3, 0.4) is 0 Å². The van der Waals surface area contributed by atoms with Gasteiger partial charge in [-0.3, -0.25) is 4.68 Å². The van der Waals surface area contributed by atoms with Crippen molar-refractivity contribution in [3.8, 4) is 0 Å². The number of nitrogens with zero attached hydrogens (tertiary/aromatic N) is 3. The highest BCUT2D eigenvalue weighted by atomic mass is 19.3. The third-order valence-corrected chi connectivity index (χ3v) is 6.49. The van der Waals surface area contributed by atoms with Gasteiger partial charge in [-0.05, 0) is 50.4 Å². The number of alkyl halides is 2. The highest BCUT2D eigenvalue weighted by molar-refractivity contribution is 6.33. The van der Waals surface area contributed by atoms with Crippen molar-refractivity contribution in [1.82, 2.24) is 20.4 Å². The number of aromatic nitrogens is 2. The van der Waals surface area contributed by atoms with Gasteiger partial charge in [-0.15, -0.1) is 0 Å². The molecular weight excluding hydrogens is 371 g/mol. The minimum atomic E-state index is -2.58. The summed E-state index contributed by atoms with van der Waals surface area (Å²) in [6.07, 6.45) is 2.34. The van der Waals surface area contributed by atoms with Gasteiger partial charge < -0.3 is 15.5 Å². The average molecular weight is 397 g/mol. The van der Waals surface area contributed by atoms with Crippen LogP contribution < -0.4 is 21.0 Å². The van der Waals surface area contributed by atoms with Crippen LogP contribution in [-0.2, 0) is 19.4 Å². The normalized spacial score (nSPS) is 20.0. The molecule has 29 heavy (non-hydrogen) atoms. The third kappa shape index (κ3) is 3.36. The molecule has 0 atom stereocenters. The Kier molecular flexibility index (Phi) is 5.08. The lowest BCUT2D eigenvalue weighted by atomic mass is 9.86. The van der Waals surface area contributed by atoms with Gasteiger partial charge in [0.2, 0.25) is 0 Å². The van der Waals surface area contributed by atoms with Crippen molar-refractivity contribution in [2.24, 2.45) is 0 Å². The Bertz CT molecular complexity index is 907. The minimum absolute atomic E-state index is 0.0829. The van der Waals surface area contributed by atoms with Crippen LogP contribution in [0.25, 0.3) is 0 Å². The Morgan fingerprint density at radius 2 is 1.93 bits per heavy atom. The second-order valence-corrected chi connectivity index (χ2v) is 8.27. The van der Waals surface area contributed by atoms with E-state index in [4.69, 9.17) is 12.9 Å². The van der Waals surface area contributed by atoms with Crippen LogP contribution in [0.2, 0.25) is 0 Å². The number of rotatable bonds is 3. The van der Waals surface area contributed by atoms with E-state index in [9.17, 15) is 8.78 Å². The first-order valence-electron chi connectivity index (χ1n) is 10.6. The second kappa shape index (κ2) is 7.72. The van der Waals surface area contributed by atoms with Gasteiger partial charge in [-0.25, -0.2) is 8.78 Å². The van der Waals surface area contributed by atoms with E-state index in [1.807, 2.05) is 0 Å². The quantitative estimate of drug-likeness (QED) is 0.781. The summed E-state index contributed by atoms with van der Waals surface area (Å²) < 4.78 is 29.3. The second-order valence-electron chi connectivity index (χ2n) is 8.27. The zero-order valence-electron chi connectivity index (χ0n) is 16.6. The van der Waals surface area contributed by atoms with Gasteiger partial charge in [-0.2, -0.15) is 5.10 Å². The molecule has 0 unspecified atom stereocenters. The van der Waals surface area contributed by atoms with Crippen molar-refractivity contribution >= 4 is 24.8 Å². The smallest absolute Gasteiger partial charge is 0.263 e. The van der Waals surface area contributed by atoms with Gasteiger partial charge in [0.25, 0.3) is 6.43 Å². The molecule has 2 aromatic rings. The standard InChI is InChI=1S/C21H26BF2N5/c22-17-10-13-2-1-9-28(19(13)11-15(17)20(23)24)21-16-12-26-8-5-18(16)29(27-21)14-3-6-25-7-4-14/h10-11,14,20,25-26H,1-9,12H2. The van der Waals surface area contributed by atoms with Crippen LogP contribution in [0.5, 0.6) is 0 Å². The van der Waals surface area contributed by atoms with Crippen LogP contribution in [0.15, 0.2) is 12.1 Å². The molecule has 1 aromatic heterocycles. The third-order valence-electron chi connectivity index (χ3n) is 6.49. The molecule has 3 aliphatic rings. The Hall–Kier alpha value is -1.93. The van der Waals surface area contributed by atoms with Gasteiger partial charge in [0.05, 0.1) is 6.04 Å². The molecule has 8 heteroatoms. The zero-order valence-corrected chi connectivity index (χ0v) is 16.6. The summed E-state index contributed by atoms with van der Waals surface area (Å²) in [7, 11) is 5.91. The fourth-order valence-electron chi connectivity index (χ4n) is 5.00. The van der Waals surface area contributed by atoms with E-state index in [0.717, 1.165) is 81.9 Å². The molecule has 2 radical (unpaired) electrons. The molecular formula is C21H26BF2N5. The number of benzene rings is 1. The Morgan fingerprint density at radius 1 is 1.10 bits per heavy atom. The molecule has 152 valence electrons. The first-order valence-corrected chi connectivity index (χ1v) is 10.6. The fraction of sp³-hybridized carbons (Fsp3) is 0.571. The van der Waals surface area contributed by atoms with Crippen molar-refractivity contribution in [2.45, 2.75) is 51.1 Å². The summed E-state index contributed by atoms with van der Waals surface area (Å²) in [6, 6.07) is 3.72. The van der Waals surface area contributed by atoms with E-state index < -0.39 is 6.43 Å². The molecule has 3 aliphatic heterocycles. The van der Waals surface area contributed by atoms with Crippen LogP contribution in [-0.4, -0.2) is 43.8 Å². The van der Waals surface area contributed by atoms with Crippen molar-refractivity contribution in [2.75, 3.05) is 31.1 Å². The maximum absolute atomic E-state index is 13.5. The van der Waals surface area contributed by atoms with E-state index in [0.29, 0.717) is 6.04 Å². The molecule has 1 fully saturated rings. The minimum Gasteiger partial charge on any atom is -0.324 e. The molecule has 2 N–H and O–H groups in total. The number of fused-ring (bicyclic) bond motifs is 2. The van der Waals surface area contributed by atoms with E-state index in [2.05, 4.69) is 20.2 Å². The summed E-state index contributed by atoms with van der Waals surface area (Å²) in [4.78, 5) is 2.15. The van der Waals surface area contributed by atoms with Gasteiger partial charge in [-0.1, -0.05) is 11.5 Å². The lowest BCUT2D eigenvalue weighted by molar-refractivity contribution is 0.152. The summed E-state index contributed by atoms with van der Waals surface area (Å²) in [5.41, 5.74) is 4.50. The summed E-state index contributed by atoms with van der Waals surface area (Å²) in [6.45, 7) is 4.53. The first kappa shape index (κ1) is 19.1. The largest absolute Gasteiger partial charge is 0.324 e. The highest BCUT2D eigenvalue weighted by Crippen LogP contribution is 2.39. The summed E-state index contributed by atoms with van der Waals surface area (Å²) >= 11 is 0. The molecule has 0 bridgehead atoms. The molecule has 0 amide bonds. The van der Waals surface area contributed by atoms with Crippen molar-refractivity contribution < 1.29 is 8.78 Å². The molecule has 1 aromatic carbocycles. The SMILES string of the molecule is [B]c1cc2c(cc1C(F)F)N(c1nn(C3CCNCC3)c3c1CNCC3)CCC2.